The summed E-state index contributed by atoms with van der Waals surface area (Å²) in [7, 11) is 0. The molecule has 2 bridgehead atoms. The third-order valence-corrected chi connectivity index (χ3v) is 3.92. The Morgan fingerprint density at radius 2 is 1.95 bits per heavy atom. The average Bonchev–Trinajstić information content (AvgIpc) is 2.64. The lowest BCUT2D eigenvalue weighted by Gasteiger charge is -2.38. The van der Waals surface area contributed by atoms with E-state index in [1.165, 1.54) is 0 Å². The van der Waals surface area contributed by atoms with Crippen molar-refractivity contribution in [2.24, 2.45) is 5.92 Å². The highest BCUT2D eigenvalue weighted by molar-refractivity contribution is 6.18. The van der Waals surface area contributed by atoms with Gasteiger partial charge in [-0.2, -0.15) is 0 Å². The molecule has 2 heterocycles. The molecule has 3 atom stereocenters. The topological polar surface area (TPSA) is 78.9 Å². The highest BCUT2D eigenvalue weighted by atomic mass is 16.6. The van der Waals surface area contributed by atoms with Gasteiger partial charge in [0.2, 0.25) is 5.60 Å². The number of hydrogen-bond acceptors (Lipinski definition) is 6. The Morgan fingerprint density at radius 1 is 1.33 bits per heavy atom. The molecule has 2 aliphatic heterocycles. The SMILES string of the molecule is C=C1C[C@@]2(C)C[C@H](C(=O)OCC)C(=O)[C@]1(C(=O)OCC)O2. The van der Waals surface area contributed by atoms with Crippen molar-refractivity contribution in [2.75, 3.05) is 13.2 Å². The molecule has 0 N–H and O–H groups in total. The molecule has 0 saturated carbocycles. The maximum Gasteiger partial charge on any atom is 0.350 e. The van der Waals surface area contributed by atoms with Gasteiger partial charge in [0, 0.05) is 6.42 Å². The van der Waals surface area contributed by atoms with E-state index in [2.05, 4.69) is 6.58 Å². The number of Topliss-reactive ketones (excluding diaryl/α,β-unsaturated/α-hetero) is 1. The molecule has 116 valence electrons. The second-order valence-electron chi connectivity index (χ2n) is 5.61. The summed E-state index contributed by atoms with van der Waals surface area (Å²) in [5, 5.41) is 0. The number of fused-ring (bicyclic) bond motifs is 2. The Bertz CT molecular complexity index is 510. The Morgan fingerprint density at radius 3 is 2.52 bits per heavy atom. The van der Waals surface area contributed by atoms with Gasteiger partial charge in [0.1, 0.15) is 5.92 Å². The minimum absolute atomic E-state index is 0.116. The molecule has 2 rings (SSSR count). The van der Waals surface area contributed by atoms with Crippen LogP contribution in [-0.4, -0.2) is 42.1 Å². The van der Waals surface area contributed by atoms with Crippen molar-refractivity contribution in [1.29, 1.82) is 0 Å². The van der Waals surface area contributed by atoms with Crippen molar-refractivity contribution in [3.05, 3.63) is 12.2 Å². The summed E-state index contributed by atoms with van der Waals surface area (Å²) in [5.74, 6) is -3.06. The largest absolute Gasteiger partial charge is 0.465 e. The Balaban J connectivity index is 2.42. The van der Waals surface area contributed by atoms with E-state index in [0.717, 1.165) is 0 Å². The molecule has 0 aromatic rings. The summed E-state index contributed by atoms with van der Waals surface area (Å²) < 4.78 is 15.7. The zero-order valence-electron chi connectivity index (χ0n) is 12.6. The number of carbonyl (C=O) groups excluding carboxylic acids is 3. The smallest absolute Gasteiger partial charge is 0.350 e. The number of ketones is 1. The summed E-state index contributed by atoms with van der Waals surface area (Å²) in [6, 6.07) is 0. The molecule has 21 heavy (non-hydrogen) atoms. The third-order valence-electron chi connectivity index (χ3n) is 3.92. The molecule has 0 radical (unpaired) electrons. The van der Waals surface area contributed by atoms with E-state index in [1.54, 1.807) is 20.8 Å². The summed E-state index contributed by atoms with van der Waals surface area (Å²) >= 11 is 0. The van der Waals surface area contributed by atoms with Crippen LogP contribution in [-0.2, 0) is 28.6 Å². The first-order valence-electron chi connectivity index (χ1n) is 7.07. The monoisotopic (exact) mass is 296 g/mol. The molecule has 2 saturated heterocycles. The summed E-state index contributed by atoms with van der Waals surface area (Å²) in [6.45, 7) is 9.17. The molecule has 0 aromatic heterocycles. The molecule has 0 amide bonds. The summed E-state index contributed by atoms with van der Waals surface area (Å²) in [5.41, 5.74) is -2.30. The number of carbonyl (C=O) groups is 3. The highest BCUT2D eigenvalue weighted by Gasteiger charge is 2.67. The fourth-order valence-corrected chi connectivity index (χ4v) is 3.11. The second-order valence-corrected chi connectivity index (χ2v) is 5.61. The number of rotatable bonds is 4. The van der Waals surface area contributed by atoms with Gasteiger partial charge in [0.25, 0.3) is 0 Å². The zero-order chi connectivity index (χ0) is 15.8. The average molecular weight is 296 g/mol. The van der Waals surface area contributed by atoms with E-state index in [9.17, 15) is 14.4 Å². The number of hydrogen-bond donors (Lipinski definition) is 0. The molecular formula is C15H20O6. The van der Waals surface area contributed by atoms with Crippen LogP contribution >= 0.6 is 0 Å². The van der Waals surface area contributed by atoms with Gasteiger partial charge in [0.15, 0.2) is 5.78 Å². The van der Waals surface area contributed by atoms with Crippen molar-refractivity contribution in [2.45, 2.75) is 44.8 Å². The van der Waals surface area contributed by atoms with Crippen LogP contribution in [0.2, 0.25) is 0 Å². The molecule has 0 spiro atoms. The van der Waals surface area contributed by atoms with Crippen LogP contribution in [0.3, 0.4) is 0 Å². The van der Waals surface area contributed by atoms with Crippen LogP contribution in [0.15, 0.2) is 12.2 Å². The molecule has 0 unspecified atom stereocenters. The second kappa shape index (κ2) is 5.26. The van der Waals surface area contributed by atoms with Crippen molar-refractivity contribution < 1.29 is 28.6 Å². The molecular weight excluding hydrogens is 276 g/mol. The van der Waals surface area contributed by atoms with Crippen LogP contribution < -0.4 is 0 Å². The van der Waals surface area contributed by atoms with Gasteiger partial charge >= 0.3 is 11.9 Å². The van der Waals surface area contributed by atoms with Gasteiger partial charge < -0.3 is 14.2 Å². The van der Waals surface area contributed by atoms with Crippen LogP contribution in [0, 0.1) is 5.92 Å². The van der Waals surface area contributed by atoms with Gasteiger partial charge in [-0.15, -0.1) is 0 Å². The first kappa shape index (κ1) is 15.7. The third kappa shape index (κ3) is 2.27. The van der Waals surface area contributed by atoms with Gasteiger partial charge in [-0.3, -0.25) is 9.59 Å². The standard InChI is InChI=1S/C15H20O6/c1-5-19-12(17)10-8-14(4)7-9(3)15(21-14,11(10)16)13(18)20-6-2/h10H,3,5-8H2,1-2,4H3/t10-,14-,15+/m0/s1. The normalized spacial score (nSPS) is 34.7. The van der Waals surface area contributed by atoms with E-state index < -0.39 is 34.8 Å². The molecule has 0 aliphatic carbocycles. The Hall–Kier alpha value is -1.69. The Labute approximate surface area is 123 Å². The lowest BCUT2D eigenvalue weighted by atomic mass is 9.82. The maximum atomic E-state index is 12.7. The highest BCUT2D eigenvalue weighted by Crippen LogP contribution is 2.51. The number of ether oxygens (including phenoxy) is 3. The Kier molecular flexibility index (Phi) is 3.93. The van der Waals surface area contributed by atoms with Crippen LogP contribution in [0.5, 0.6) is 0 Å². The van der Waals surface area contributed by atoms with Gasteiger partial charge in [-0.1, -0.05) is 6.58 Å². The first-order chi connectivity index (χ1) is 9.80. The fourth-order valence-electron chi connectivity index (χ4n) is 3.11. The van der Waals surface area contributed by atoms with Crippen LogP contribution in [0.4, 0.5) is 0 Å². The van der Waals surface area contributed by atoms with E-state index in [4.69, 9.17) is 14.2 Å². The van der Waals surface area contributed by atoms with Gasteiger partial charge in [-0.25, -0.2) is 4.79 Å². The predicted octanol–water partition coefficient (Wildman–Crippen LogP) is 1.18. The number of esters is 2. The predicted molar refractivity (Wildman–Crippen MR) is 72.4 cm³/mol. The van der Waals surface area contributed by atoms with Crippen molar-refractivity contribution in [3.8, 4) is 0 Å². The van der Waals surface area contributed by atoms with Gasteiger partial charge in [0.05, 0.1) is 18.8 Å². The van der Waals surface area contributed by atoms with Crippen molar-refractivity contribution in [1.82, 2.24) is 0 Å². The molecule has 6 nitrogen and oxygen atoms in total. The van der Waals surface area contributed by atoms with E-state index >= 15 is 0 Å². The minimum atomic E-state index is -1.86. The van der Waals surface area contributed by atoms with Crippen molar-refractivity contribution in [3.63, 3.8) is 0 Å². The molecule has 2 fully saturated rings. The fraction of sp³-hybridized carbons (Fsp3) is 0.667. The van der Waals surface area contributed by atoms with E-state index in [0.29, 0.717) is 12.0 Å². The maximum absolute atomic E-state index is 12.7. The van der Waals surface area contributed by atoms with E-state index in [1.807, 2.05) is 0 Å². The lowest BCUT2D eigenvalue weighted by molar-refractivity contribution is -0.195. The van der Waals surface area contributed by atoms with Crippen LogP contribution in [0.1, 0.15) is 33.6 Å². The first-order valence-corrected chi connectivity index (χ1v) is 7.07. The van der Waals surface area contributed by atoms with Crippen molar-refractivity contribution >= 4 is 17.7 Å². The van der Waals surface area contributed by atoms with Crippen LogP contribution in [0.25, 0.3) is 0 Å². The quantitative estimate of drug-likeness (QED) is 0.440. The van der Waals surface area contributed by atoms with Gasteiger partial charge in [-0.05, 0) is 32.8 Å². The summed E-state index contributed by atoms with van der Waals surface area (Å²) in [6.07, 6.45) is 0.526. The minimum Gasteiger partial charge on any atom is -0.465 e. The zero-order valence-corrected chi connectivity index (χ0v) is 12.6. The van der Waals surface area contributed by atoms with E-state index in [-0.39, 0.29) is 19.6 Å². The molecule has 6 heteroatoms. The lowest BCUT2D eigenvalue weighted by Crippen LogP contribution is -2.58. The molecule has 0 aromatic carbocycles. The molecule has 2 aliphatic rings. The summed E-state index contributed by atoms with van der Waals surface area (Å²) in [4.78, 5) is 37.0.